The Kier molecular flexibility index (Phi) is 3.87. The van der Waals surface area contributed by atoms with E-state index in [1.807, 2.05) is 0 Å². The summed E-state index contributed by atoms with van der Waals surface area (Å²) in [6.45, 7) is 3.38. The number of fused-ring (bicyclic) bond motifs is 2. The molecule has 0 radical (unpaired) electrons. The zero-order valence-corrected chi connectivity index (χ0v) is 14.1. The van der Waals surface area contributed by atoms with Crippen LogP contribution in [0.3, 0.4) is 0 Å². The van der Waals surface area contributed by atoms with E-state index in [-0.39, 0.29) is 16.5 Å². The first-order valence-electron chi connectivity index (χ1n) is 7.38. The van der Waals surface area contributed by atoms with Gasteiger partial charge in [-0.05, 0) is 37.8 Å². The van der Waals surface area contributed by atoms with E-state index in [2.05, 4.69) is 21.2 Å². The largest absolute Gasteiger partial charge is 0.382 e. The summed E-state index contributed by atoms with van der Waals surface area (Å²) in [5.41, 5.74) is 5.84. The van der Waals surface area contributed by atoms with E-state index in [1.54, 1.807) is 6.92 Å². The molecule has 0 aliphatic carbocycles. The zero-order valence-electron chi connectivity index (χ0n) is 12.4. The van der Waals surface area contributed by atoms with Crippen LogP contribution in [0, 0.1) is 0 Å². The summed E-state index contributed by atoms with van der Waals surface area (Å²) in [5.74, 6) is 0.210. The standard InChI is InChI=1S/C13H22N4O2S2/c1-3-21(18,19)11-12(14)15-20-13(11)17-7-6-9-4-5-10(8-17)16(9)2/h9-10H,3-8H2,1-2H3,(H2,14,15). The van der Waals surface area contributed by atoms with Gasteiger partial charge < -0.3 is 10.6 Å². The van der Waals surface area contributed by atoms with Crippen molar-refractivity contribution in [3.05, 3.63) is 0 Å². The molecule has 3 rings (SSSR count). The van der Waals surface area contributed by atoms with Gasteiger partial charge in [-0.15, -0.1) is 0 Å². The fourth-order valence-electron chi connectivity index (χ4n) is 3.42. The molecule has 0 saturated carbocycles. The summed E-state index contributed by atoms with van der Waals surface area (Å²) >= 11 is 1.22. The highest BCUT2D eigenvalue weighted by atomic mass is 32.2. The van der Waals surface area contributed by atoms with Crippen molar-refractivity contribution >= 4 is 32.2 Å². The molecular weight excluding hydrogens is 308 g/mol. The second-order valence-corrected chi connectivity index (χ2v) is 8.86. The number of nitrogens with zero attached hydrogens (tertiary/aromatic N) is 3. The minimum atomic E-state index is -3.34. The van der Waals surface area contributed by atoms with Gasteiger partial charge in [-0.3, -0.25) is 4.90 Å². The van der Waals surface area contributed by atoms with Gasteiger partial charge in [0.05, 0.1) is 5.75 Å². The number of hydrogen-bond acceptors (Lipinski definition) is 7. The molecule has 2 aliphatic rings. The summed E-state index contributed by atoms with van der Waals surface area (Å²) in [6, 6.07) is 1.12. The molecule has 8 heteroatoms. The molecule has 2 aliphatic heterocycles. The van der Waals surface area contributed by atoms with Crippen molar-refractivity contribution in [2.75, 3.05) is 36.5 Å². The minimum absolute atomic E-state index is 0.0579. The second kappa shape index (κ2) is 5.40. The lowest BCUT2D eigenvalue weighted by Crippen LogP contribution is -2.36. The molecule has 2 bridgehead atoms. The monoisotopic (exact) mass is 330 g/mol. The fourth-order valence-corrected chi connectivity index (χ4v) is 5.76. The van der Waals surface area contributed by atoms with Crippen molar-refractivity contribution in [1.82, 2.24) is 9.27 Å². The Morgan fingerprint density at radius 3 is 2.76 bits per heavy atom. The van der Waals surface area contributed by atoms with Crippen molar-refractivity contribution in [2.24, 2.45) is 0 Å². The molecule has 118 valence electrons. The topological polar surface area (TPSA) is 79.5 Å². The summed E-state index contributed by atoms with van der Waals surface area (Å²) in [7, 11) is -1.16. The van der Waals surface area contributed by atoms with Gasteiger partial charge in [-0.25, -0.2) is 8.42 Å². The van der Waals surface area contributed by atoms with E-state index < -0.39 is 9.84 Å². The minimum Gasteiger partial charge on any atom is -0.382 e. The van der Waals surface area contributed by atoms with E-state index >= 15 is 0 Å². The number of rotatable bonds is 3. The van der Waals surface area contributed by atoms with Crippen molar-refractivity contribution in [1.29, 1.82) is 0 Å². The third kappa shape index (κ3) is 2.53. The summed E-state index contributed by atoms with van der Waals surface area (Å²) in [6.07, 6.45) is 3.50. The fraction of sp³-hybridized carbons (Fsp3) is 0.769. The molecule has 2 atom stereocenters. The highest BCUT2D eigenvalue weighted by Crippen LogP contribution is 2.38. The van der Waals surface area contributed by atoms with Crippen LogP contribution in [-0.4, -0.2) is 55.7 Å². The average molecular weight is 330 g/mol. The summed E-state index contributed by atoms with van der Waals surface area (Å²) in [5, 5.41) is 0.732. The Labute approximate surface area is 130 Å². The third-order valence-corrected chi connectivity index (χ3v) is 7.62. The average Bonchev–Trinajstić information content (AvgIpc) is 2.92. The Balaban J connectivity index is 1.95. The lowest BCUT2D eigenvalue weighted by molar-refractivity contribution is 0.254. The van der Waals surface area contributed by atoms with Crippen LogP contribution in [-0.2, 0) is 9.84 Å². The van der Waals surface area contributed by atoms with Crippen molar-refractivity contribution in [3.8, 4) is 0 Å². The van der Waals surface area contributed by atoms with Gasteiger partial charge in [0.15, 0.2) is 15.7 Å². The van der Waals surface area contributed by atoms with E-state index in [9.17, 15) is 8.42 Å². The zero-order chi connectivity index (χ0) is 15.2. The number of likely N-dealkylation sites (N-methyl/N-ethyl adjacent to an activating group) is 1. The molecule has 21 heavy (non-hydrogen) atoms. The van der Waals surface area contributed by atoms with Crippen molar-refractivity contribution in [2.45, 2.75) is 43.2 Å². The molecule has 1 aromatic heterocycles. The molecule has 2 fully saturated rings. The second-order valence-electron chi connectivity index (χ2n) is 5.89. The highest BCUT2D eigenvalue weighted by molar-refractivity contribution is 7.91. The molecule has 3 heterocycles. The first kappa shape index (κ1) is 15.1. The maximum Gasteiger partial charge on any atom is 0.184 e. The molecule has 0 amide bonds. The number of sulfone groups is 1. The van der Waals surface area contributed by atoms with Crippen LogP contribution >= 0.6 is 11.5 Å². The van der Waals surface area contributed by atoms with E-state index in [0.717, 1.165) is 24.5 Å². The first-order chi connectivity index (χ1) is 9.94. The highest BCUT2D eigenvalue weighted by Gasteiger charge is 2.37. The van der Waals surface area contributed by atoms with Crippen molar-refractivity contribution < 1.29 is 8.42 Å². The van der Waals surface area contributed by atoms with Gasteiger partial charge >= 0.3 is 0 Å². The van der Waals surface area contributed by atoms with Crippen LogP contribution in [0.4, 0.5) is 10.8 Å². The lowest BCUT2D eigenvalue weighted by Gasteiger charge is -2.26. The number of anilines is 2. The predicted octanol–water partition coefficient (Wildman–Crippen LogP) is 1.19. The Morgan fingerprint density at radius 1 is 1.33 bits per heavy atom. The van der Waals surface area contributed by atoms with Gasteiger partial charge in [0, 0.05) is 25.2 Å². The number of nitrogens with two attached hydrogens (primary N) is 1. The first-order valence-corrected chi connectivity index (χ1v) is 9.81. The van der Waals surface area contributed by atoms with Crippen LogP contribution < -0.4 is 10.6 Å². The molecule has 2 saturated heterocycles. The molecular formula is C13H22N4O2S2. The molecule has 0 aromatic carbocycles. The summed E-state index contributed by atoms with van der Waals surface area (Å²) < 4.78 is 28.7. The Bertz CT molecular complexity index is 628. The molecule has 0 spiro atoms. The molecule has 6 nitrogen and oxygen atoms in total. The van der Waals surface area contributed by atoms with Crippen molar-refractivity contribution in [3.63, 3.8) is 0 Å². The number of aromatic nitrogens is 1. The van der Waals surface area contributed by atoms with Crippen LogP contribution in [0.5, 0.6) is 0 Å². The quantitative estimate of drug-likeness (QED) is 0.897. The van der Waals surface area contributed by atoms with Gasteiger partial charge in [0.25, 0.3) is 0 Å². The van der Waals surface area contributed by atoms with E-state index in [0.29, 0.717) is 12.1 Å². The predicted molar refractivity (Wildman–Crippen MR) is 85.7 cm³/mol. The van der Waals surface area contributed by atoms with Gasteiger partial charge in [0.1, 0.15) is 9.90 Å². The molecule has 2 N–H and O–H groups in total. The van der Waals surface area contributed by atoms with Gasteiger partial charge in [-0.2, -0.15) is 4.37 Å². The van der Waals surface area contributed by atoms with E-state index in [4.69, 9.17) is 5.73 Å². The van der Waals surface area contributed by atoms with Gasteiger partial charge in [-0.1, -0.05) is 6.92 Å². The smallest absolute Gasteiger partial charge is 0.184 e. The number of nitrogen functional groups attached to an aromatic ring is 1. The van der Waals surface area contributed by atoms with Crippen LogP contribution in [0.2, 0.25) is 0 Å². The SMILES string of the molecule is CCS(=O)(=O)c1c(N)nsc1N1CCC2CCC(C1)N2C. The van der Waals surface area contributed by atoms with Crippen LogP contribution in [0.15, 0.2) is 4.90 Å². The van der Waals surface area contributed by atoms with E-state index in [1.165, 1.54) is 24.4 Å². The number of hydrogen-bond donors (Lipinski definition) is 1. The maximum atomic E-state index is 12.3. The maximum absolute atomic E-state index is 12.3. The molecule has 1 aromatic rings. The molecule has 2 unspecified atom stereocenters. The summed E-state index contributed by atoms with van der Waals surface area (Å²) in [4.78, 5) is 4.87. The van der Waals surface area contributed by atoms with Crippen LogP contribution in [0.1, 0.15) is 26.2 Å². The normalized spacial score (nSPS) is 27.0. The lowest BCUT2D eigenvalue weighted by atomic mass is 10.1. The van der Waals surface area contributed by atoms with Crippen LogP contribution in [0.25, 0.3) is 0 Å². The Morgan fingerprint density at radius 2 is 2.05 bits per heavy atom. The Hall–Kier alpha value is -0.860. The third-order valence-electron chi connectivity index (χ3n) is 4.78. The van der Waals surface area contributed by atoms with Gasteiger partial charge in [0.2, 0.25) is 0 Å².